The van der Waals surface area contributed by atoms with Crippen LogP contribution in [0.5, 0.6) is 0 Å². The van der Waals surface area contributed by atoms with Gasteiger partial charge in [0, 0.05) is 13.8 Å². The van der Waals surface area contributed by atoms with Gasteiger partial charge in [0.05, 0.1) is 34.2 Å². The topological polar surface area (TPSA) is 137 Å². The Bertz CT molecular complexity index is 1050. The van der Waals surface area contributed by atoms with Crippen LogP contribution in [0.1, 0.15) is 24.2 Å². The van der Waals surface area contributed by atoms with Crippen LogP contribution in [0.4, 0.5) is 5.69 Å². The van der Waals surface area contributed by atoms with E-state index in [1.807, 2.05) is 0 Å². The maximum absolute atomic E-state index is 13.4. The fraction of sp³-hybridized carbons (Fsp3) is 0.350. The molecule has 162 valence electrons. The van der Waals surface area contributed by atoms with E-state index in [1.54, 1.807) is 6.08 Å². The summed E-state index contributed by atoms with van der Waals surface area (Å²) in [5, 5.41) is 9.25. The summed E-state index contributed by atoms with van der Waals surface area (Å²) in [6.45, 7) is 2.20. The Morgan fingerprint density at radius 3 is 2.39 bits per heavy atom. The number of carbonyl (C=O) groups is 5. The Hall–Kier alpha value is -3.24. The van der Waals surface area contributed by atoms with Gasteiger partial charge in [-0.15, -0.1) is 0 Å². The summed E-state index contributed by atoms with van der Waals surface area (Å²) in [6, 6.07) is 3.75. The van der Waals surface area contributed by atoms with Crippen molar-refractivity contribution >= 4 is 47.0 Å². The third-order valence-electron chi connectivity index (χ3n) is 5.43. The highest BCUT2D eigenvalue weighted by Gasteiger charge is 2.72. The molecule has 2 amide bonds. The smallest absolute Gasteiger partial charge is 0.337 e. The van der Waals surface area contributed by atoms with Gasteiger partial charge in [0.2, 0.25) is 11.8 Å². The van der Waals surface area contributed by atoms with Gasteiger partial charge in [-0.3, -0.25) is 19.2 Å². The van der Waals surface area contributed by atoms with Crippen molar-refractivity contribution in [1.29, 1.82) is 0 Å². The number of halogens is 1. The van der Waals surface area contributed by atoms with Crippen molar-refractivity contribution in [1.82, 2.24) is 0 Å². The van der Waals surface area contributed by atoms with Crippen molar-refractivity contribution in [2.45, 2.75) is 31.8 Å². The molecule has 3 aliphatic heterocycles. The average molecular weight is 450 g/mol. The number of benzene rings is 1. The fourth-order valence-corrected chi connectivity index (χ4v) is 4.49. The Morgan fingerprint density at radius 1 is 1.16 bits per heavy atom. The molecule has 11 heteroatoms. The van der Waals surface area contributed by atoms with E-state index in [2.05, 4.69) is 0 Å². The number of rotatable bonds is 5. The van der Waals surface area contributed by atoms with E-state index in [0.29, 0.717) is 0 Å². The van der Waals surface area contributed by atoms with Gasteiger partial charge < -0.3 is 19.3 Å². The molecule has 0 spiro atoms. The van der Waals surface area contributed by atoms with Crippen molar-refractivity contribution in [2.75, 3.05) is 4.90 Å². The lowest BCUT2D eigenvalue weighted by molar-refractivity contribution is -0.226. The number of carboxylic acids is 1. The van der Waals surface area contributed by atoms with Crippen molar-refractivity contribution in [3.05, 3.63) is 40.9 Å². The summed E-state index contributed by atoms with van der Waals surface area (Å²) in [5.41, 5.74) is -1.94. The van der Waals surface area contributed by atoms with Crippen LogP contribution in [0.15, 0.2) is 30.4 Å². The summed E-state index contributed by atoms with van der Waals surface area (Å²) >= 11 is 5.89. The summed E-state index contributed by atoms with van der Waals surface area (Å²) in [4.78, 5) is 62.0. The van der Waals surface area contributed by atoms with Crippen LogP contribution >= 0.6 is 11.6 Å². The number of carboxylic acid groups (broad SMARTS) is 1. The molecule has 4 atom stereocenters. The number of esters is 2. The Balaban J connectivity index is 1.76. The number of hydrogen-bond donors (Lipinski definition) is 1. The van der Waals surface area contributed by atoms with Gasteiger partial charge in [0.15, 0.2) is 5.60 Å². The van der Waals surface area contributed by atoms with E-state index in [4.69, 9.17) is 25.8 Å². The molecule has 0 radical (unpaired) electrons. The van der Waals surface area contributed by atoms with Crippen molar-refractivity contribution in [2.24, 2.45) is 11.8 Å². The second-order valence-electron chi connectivity index (χ2n) is 7.33. The lowest BCUT2D eigenvalue weighted by Crippen LogP contribution is -2.52. The number of hydrogen-bond acceptors (Lipinski definition) is 8. The lowest BCUT2D eigenvalue weighted by Gasteiger charge is -2.34. The molecule has 0 saturated carbocycles. The van der Waals surface area contributed by atoms with Gasteiger partial charge in [0.1, 0.15) is 0 Å². The molecule has 2 saturated heterocycles. The first-order valence-electron chi connectivity index (χ1n) is 9.19. The third kappa shape index (κ3) is 3.10. The third-order valence-corrected chi connectivity index (χ3v) is 5.76. The Kier molecular flexibility index (Phi) is 4.86. The normalized spacial score (nSPS) is 28.3. The molecule has 0 aliphatic carbocycles. The Labute approximate surface area is 180 Å². The van der Waals surface area contributed by atoms with Crippen LogP contribution in [0.3, 0.4) is 0 Å². The summed E-state index contributed by atoms with van der Waals surface area (Å²) in [7, 11) is 0. The van der Waals surface area contributed by atoms with Crippen LogP contribution < -0.4 is 4.90 Å². The minimum Gasteiger partial charge on any atom is -0.478 e. The predicted molar refractivity (Wildman–Crippen MR) is 102 cm³/mol. The second-order valence-corrected chi connectivity index (χ2v) is 7.74. The van der Waals surface area contributed by atoms with Crippen molar-refractivity contribution in [3.63, 3.8) is 0 Å². The number of fused-ring (bicyclic) bond motifs is 5. The van der Waals surface area contributed by atoms with E-state index >= 15 is 0 Å². The number of ether oxygens (including phenoxy) is 3. The fourth-order valence-electron chi connectivity index (χ4n) is 4.29. The largest absolute Gasteiger partial charge is 0.478 e. The number of carbonyl (C=O) groups excluding carboxylic acids is 4. The molecule has 4 rings (SSSR count). The summed E-state index contributed by atoms with van der Waals surface area (Å²) < 4.78 is 16.1. The first-order valence-corrected chi connectivity index (χ1v) is 9.57. The molecule has 1 aromatic carbocycles. The van der Waals surface area contributed by atoms with Crippen molar-refractivity contribution < 1.29 is 43.3 Å². The summed E-state index contributed by atoms with van der Waals surface area (Å²) in [5.74, 6) is -6.31. The molecule has 2 bridgehead atoms. The second kappa shape index (κ2) is 7.17. The van der Waals surface area contributed by atoms with Crippen LogP contribution in [0.25, 0.3) is 0 Å². The zero-order chi connectivity index (χ0) is 22.7. The highest BCUT2D eigenvalue weighted by molar-refractivity contribution is 6.34. The van der Waals surface area contributed by atoms with Gasteiger partial charge in [0.25, 0.3) is 6.29 Å². The number of amides is 2. The zero-order valence-corrected chi connectivity index (χ0v) is 17.0. The van der Waals surface area contributed by atoms with Gasteiger partial charge in [-0.05, 0) is 24.3 Å². The van der Waals surface area contributed by atoms with Gasteiger partial charge >= 0.3 is 17.9 Å². The van der Waals surface area contributed by atoms with E-state index in [0.717, 1.165) is 24.8 Å². The van der Waals surface area contributed by atoms with E-state index < -0.39 is 59.6 Å². The quantitative estimate of drug-likeness (QED) is 0.305. The zero-order valence-electron chi connectivity index (χ0n) is 16.2. The molecule has 1 N–H and O–H groups in total. The molecule has 31 heavy (non-hydrogen) atoms. The highest BCUT2D eigenvalue weighted by Crippen LogP contribution is 2.54. The molecular formula is C20H16ClNO9. The lowest BCUT2D eigenvalue weighted by atomic mass is 9.76. The minimum absolute atomic E-state index is 0.0253. The maximum atomic E-state index is 13.4. The first-order chi connectivity index (χ1) is 14.6. The predicted octanol–water partition coefficient (Wildman–Crippen LogP) is 1.30. The molecule has 0 unspecified atom stereocenters. The molecule has 10 nitrogen and oxygen atoms in total. The highest BCUT2D eigenvalue weighted by atomic mass is 35.5. The van der Waals surface area contributed by atoms with Crippen LogP contribution in [-0.4, -0.2) is 52.8 Å². The van der Waals surface area contributed by atoms with E-state index in [9.17, 15) is 29.1 Å². The number of imide groups is 1. The first kappa shape index (κ1) is 21.0. The number of anilines is 1. The SMILES string of the molecule is CC(=O)OC(OC(C)=O)[C@@]12C=C[C@H](O1)[C@@H]1C(=O)N(c3ccc(Cl)c(C(=O)O)c3)C(=O)[C@@H]12. The summed E-state index contributed by atoms with van der Waals surface area (Å²) in [6.07, 6.45) is 0.594. The molecule has 3 aliphatic rings. The van der Waals surface area contributed by atoms with E-state index in [-0.39, 0.29) is 16.3 Å². The molecule has 1 aromatic rings. The monoisotopic (exact) mass is 449 g/mol. The van der Waals surface area contributed by atoms with Crippen LogP contribution in [0, 0.1) is 11.8 Å². The van der Waals surface area contributed by atoms with Crippen LogP contribution in [-0.2, 0) is 33.4 Å². The number of nitrogens with zero attached hydrogens (tertiary/aromatic N) is 1. The average Bonchev–Trinajstić information content (AvgIpc) is 3.32. The molecule has 0 aromatic heterocycles. The van der Waals surface area contributed by atoms with Crippen LogP contribution in [0.2, 0.25) is 5.02 Å². The van der Waals surface area contributed by atoms with Gasteiger partial charge in [-0.2, -0.15) is 0 Å². The minimum atomic E-state index is -1.68. The van der Waals surface area contributed by atoms with Gasteiger partial charge in [-0.1, -0.05) is 17.7 Å². The standard InChI is InChI=1S/C20H16ClNO9/c1-8(23)29-19(30-9(2)24)20-6-5-13(31-20)14-15(20)17(26)22(16(14)25)10-3-4-12(21)11(7-10)18(27)28/h3-7,13-15,19H,1-2H3,(H,27,28)/t13-,14-,15+,20-/m0/s1. The van der Waals surface area contributed by atoms with Crippen molar-refractivity contribution in [3.8, 4) is 0 Å². The maximum Gasteiger partial charge on any atom is 0.337 e. The number of aromatic carboxylic acids is 1. The van der Waals surface area contributed by atoms with Gasteiger partial charge in [-0.25, -0.2) is 9.69 Å². The molecular weight excluding hydrogens is 434 g/mol. The van der Waals surface area contributed by atoms with E-state index in [1.165, 1.54) is 18.2 Å². The molecule has 3 heterocycles. The Morgan fingerprint density at radius 2 is 1.81 bits per heavy atom. The molecule has 2 fully saturated rings.